The van der Waals surface area contributed by atoms with Gasteiger partial charge in [-0.3, -0.25) is 0 Å². The van der Waals surface area contributed by atoms with Crippen molar-refractivity contribution in [1.82, 2.24) is 0 Å². The highest BCUT2D eigenvalue weighted by molar-refractivity contribution is 5.41. The average Bonchev–Trinajstić information content (AvgIpc) is 2.00. The first-order valence-electron chi connectivity index (χ1n) is 5.92. The van der Waals surface area contributed by atoms with E-state index in [1.165, 1.54) is 24.8 Å². The number of halogens is 1. The summed E-state index contributed by atoms with van der Waals surface area (Å²) in [5, 5.41) is 0. The maximum atomic E-state index is 12.9. The van der Waals surface area contributed by atoms with Gasteiger partial charge in [-0.2, -0.15) is 0 Å². The van der Waals surface area contributed by atoms with Crippen LogP contribution in [0.5, 0.6) is 0 Å². The second-order valence-electron chi connectivity index (χ2n) is 6.32. The van der Waals surface area contributed by atoms with E-state index in [1.54, 1.807) is 12.1 Å². The summed E-state index contributed by atoms with van der Waals surface area (Å²) in [7, 11) is 0. The Labute approximate surface area is 95.8 Å². The van der Waals surface area contributed by atoms with Crippen LogP contribution in [0.4, 0.5) is 4.39 Å². The van der Waals surface area contributed by atoms with Crippen molar-refractivity contribution in [1.29, 1.82) is 0 Å². The van der Waals surface area contributed by atoms with Gasteiger partial charge in [0.25, 0.3) is 0 Å². The van der Waals surface area contributed by atoms with Crippen molar-refractivity contribution in [3.05, 3.63) is 35.6 Å². The molecule has 2 heteroatoms. The van der Waals surface area contributed by atoms with E-state index in [0.29, 0.717) is 10.8 Å². The van der Waals surface area contributed by atoms with Gasteiger partial charge in [-0.15, -0.1) is 0 Å². The van der Waals surface area contributed by atoms with E-state index in [9.17, 15) is 4.39 Å². The maximum Gasteiger partial charge on any atom is 0.123 e. The van der Waals surface area contributed by atoms with Gasteiger partial charge in [0, 0.05) is 5.54 Å². The molecule has 0 saturated heterocycles. The third-order valence-corrected chi connectivity index (χ3v) is 4.85. The van der Waals surface area contributed by atoms with Crippen LogP contribution in [0, 0.1) is 11.2 Å². The van der Waals surface area contributed by atoms with Gasteiger partial charge < -0.3 is 5.73 Å². The fraction of sp³-hybridized carbons (Fsp3) is 0.571. The number of hydrogen-bond donors (Lipinski definition) is 1. The molecule has 0 spiro atoms. The molecule has 0 atom stereocenters. The van der Waals surface area contributed by atoms with Gasteiger partial charge in [-0.05, 0) is 61.6 Å². The minimum Gasteiger partial charge on any atom is -0.325 e. The molecule has 16 heavy (non-hydrogen) atoms. The van der Waals surface area contributed by atoms with Gasteiger partial charge in [-0.25, -0.2) is 4.39 Å². The summed E-state index contributed by atoms with van der Waals surface area (Å²) in [6.07, 6.45) is 3.53. The van der Waals surface area contributed by atoms with Crippen LogP contribution in [-0.4, -0.2) is 5.54 Å². The van der Waals surface area contributed by atoms with Crippen molar-refractivity contribution in [2.45, 2.75) is 44.1 Å². The second kappa shape index (κ2) is 2.67. The van der Waals surface area contributed by atoms with E-state index in [1.807, 2.05) is 12.1 Å². The summed E-state index contributed by atoms with van der Waals surface area (Å²) in [4.78, 5) is 0. The van der Waals surface area contributed by atoms with Gasteiger partial charge in [0.15, 0.2) is 0 Å². The molecule has 0 radical (unpaired) electrons. The third-order valence-electron chi connectivity index (χ3n) is 4.85. The molecular formula is C14H18FN. The van der Waals surface area contributed by atoms with Crippen molar-refractivity contribution in [2.24, 2.45) is 11.1 Å². The minimum atomic E-state index is -0.149. The average molecular weight is 219 g/mol. The first-order chi connectivity index (χ1) is 7.37. The van der Waals surface area contributed by atoms with E-state index < -0.39 is 0 Å². The van der Waals surface area contributed by atoms with E-state index >= 15 is 0 Å². The Bertz CT molecular complexity index is 407. The van der Waals surface area contributed by atoms with E-state index in [-0.39, 0.29) is 11.4 Å². The predicted octanol–water partition coefficient (Wildman–Crippen LogP) is 2.98. The van der Waals surface area contributed by atoms with Gasteiger partial charge in [0.2, 0.25) is 0 Å². The first kappa shape index (κ1) is 10.3. The van der Waals surface area contributed by atoms with Crippen molar-refractivity contribution in [3.8, 4) is 0 Å². The lowest BCUT2D eigenvalue weighted by molar-refractivity contribution is -0.182. The number of benzene rings is 1. The highest BCUT2D eigenvalue weighted by Gasteiger charge is 2.72. The molecule has 86 valence electrons. The van der Waals surface area contributed by atoms with Crippen LogP contribution in [0.1, 0.15) is 38.7 Å². The largest absolute Gasteiger partial charge is 0.325 e. The maximum absolute atomic E-state index is 12.9. The van der Waals surface area contributed by atoms with Crippen LogP contribution >= 0.6 is 0 Å². The first-order valence-corrected chi connectivity index (χ1v) is 5.92. The summed E-state index contributed by atoms with van der Waals surface area (Å²) in [6, 6.07) is 7.00. The molecular weight excluding hydrogens is 201 g/mol. The Balaban J connectivity index is 1.81. The Hall–Kier alpha value is -0.890. The van der Waals surface area contributed by atoms with Crippen LogP contribution in [0.25, 0.3) is 0 Å². The molecule has 2 bridgehead atoms. The summed E-state index contributed by atoms with van der Waals surface area (Å²) < 4.78 is 12.9. The number of nitrogens with two attached hydrogens (primary N) is 1. The smallest absolute Gasteiger partial charge is 0.123 e. The monoisotopic (exact) mass is 219 g/mol. The van der Waals surface area contributed by atoms with E-state index in [0.717, 1.165) is 0 Å². The molecule has 3 aliphatic rings. The zero-order valence-electron chi connectivity index (χ0n) is 9.89. The number of hydrogen-bond acceptors (Lipinski definition) is 1. The zero-order valence-corrected chi connectivity index (χ0v) is 9.89. The number of rotatable bonds is 2. The van der Waals surface area contributed by atoms with Gasteiger partial charge in [-0.1, -0.05) is 12.1 Å². The lowest BCUT2D eigenvalue weighted by atomic mass is 9.29. The highest BCUT2D eigenvalue weighted by Crippen LogP contribution is 2.76. The zero-order chi connectivity index (χ0) is 11.6. The lowest BCUT2D eigenvalue weighted by Crippen LogP contribution is -2.74. The van der Waals surface area contributed by atoms with E-state index in [4.69, 9.17) is 5.73 Å². The molecule has 1 aromatic rings. The van der Waals surface area contributed by atoms with Crippen LogP contribution in [0.15, 0.2) is 24.3 Å². The van der Waals surface area contributed by atoms with Crippen LogP contribution in [0.3, 0.4) is 0 Å². The van der Waals surface area contributed by atoms with Crippen molar-refractivity contribution in [3.63, 3.8) is 0 Å². The van der Waals surface area contributed by atoms with Crippen LogP contribution in [0.2, 0.25) is 0 Å². The summed E-state index contributed by atoms with van der Waals surface area (Å²) in [5.41, 5.74) is 8.10. The van der Waals surface area contributed by atoms with Crippen LogP contribution in [-0.2, 0) is 5.41 Å². The highest BCUT2D eigenvalue weighted by atomic mass is 19.1. The molecule has 3 aliphatic carbocycles. The minimum absolute atomic E-state index is 0.0746. The van der Waals surface area contributed by atoms with Gasteiger partial charge in [0.1, 0.15) is 5.82 Å². The molecule has 0 amide bonds. The third kappa shape index (κ3) is 1.08. The summed E-state index contributed by atoms with van der Waals surface area (Å²) in [5.74, 6) is -0.149. The predicted molar refractivity (Wildman–Crippen MR) is 62.6 cm³/mol. The summed E-state index contributed by atoms with van der Waals surface area (Å²) >= 11 is 0. The Morgan fingerprint density at radius 1 is 1.12 bits per heavy atom. The Morgan fingerprint density at radius 3 is 2.06 bits per heavy atom. The molecule has 0 aliphatic heterocycles. The molecule has 4 rings (SSSR count). The molecule has 3 saturated carbocycles. The quantitative estimate of drug-likeness (QED) is 0.813. The molecule has 3 fully saturated rings. The summed E-state index contributed by atoms with van der Waals surface area (Å²) in [6.45, 7) is 4.25. The fourth-order valence-electron chi connectivity index (χ4n) is 3.58. The van der Waals surface area contributed by atoms with Crippen LogP contribution < -0.4 is 5.73 Å². The lowest BCUT2D eigenvalue weighted by Gasteiger charge is -2.75. The molecule has 0 aromatic heterocycles. The van der Waals surface area contributed by atoms with Crippen molar-refractivity contribution in [2.75, 3.05) is 0 Å². The Kier molecular flexibility index (Phi) is 1.72. The molecule has 1 aromatic carbocycles. The molecule has 0 heterocycles. The van der Waals surface area contributed by atoms with Gasteiger partial charge in [0.05, 0.1) is 0 Å². The molecule has 1 nitrogen and oxygen atoms in total. The van der Waals surface area contributed by atoms with Crippen molar-refractivity contribution < 1.29 is 4.39 Å². The normalized spacial score (nSPS) is 36.5. The standard InChI is InChI=1S/C14H18FN/c1-12(2,16)14-7-13(8-14,9-14)10-3-5-11(15)6-4-10/h3-6H,7-9,16H2,1-2H3. The second-order valence-corrected chi connectivity index (χ2v) is 6.32. The topological polar surface area (TPSA) is 26.0 Å². The van der Waals surface area contributed by atoms with E-state index in [2.05, 4.69) is 13.8 Å². The molecule has 2 N–H and O–H groups in total. The van der Waals surface area contributed by atoms with Gasteiger partial charge >= 0.3 is 0 Å². The SMILES string of the molecule is CC(C)(N)C12CC(c3ccc(F)cc3)(C1)C2. The molecule has 0 unspecified atom stereocenters. The van der Waals surface area contributed by atoms with Crippen molar-refractivity contribution >= 4 is 0 Å². The Morgan fingerprint density at radius 2 is 1.62 bits per heavy atom. The fourth-order valence-corrected chi connectivity index (χ4v) is 3.58.